The first-order valence-corrected chi connectivity index (χ1v) is 9.95. The molecule has 6 heteroatoms. The van der Waals surface area contributed by atoms with E-state index in [0.717, 1.165) is 10.8 Å². The van der Waals surface area contributed by atoms with E-state index in [2.05, 4.69) is 0 Å². The molecule has 0 aliphatic carbocycles. The van der Waals surface area contributed by atoms with E-state index in [0.29, 0.717) is 36.9 Å². The molecule has 0 spiro atoms. The summed E-state index contributed by atoms with van der Waals surface area (Å²) in [5, 5.41) is 1.90. The highest BCUT2D eigenvalue weighted by Crippen LogP contribution is 2.35. The lowest BCUT2D eigenvalue weighted by Gasteiger charge is -2.25. The molecule has 3 aromatic rings. The fourth-order valence-electron chi connectivity index (χ4n) is 3.13. The van der Waals surface area contributed by atoms with Gasteiger partial charge in [-0.05, 0) is 42.0 Å². The van der Waals surface area contributed by atoms with Crippen LogP contribution >= 0.6 is 0 Å². The van der Waals surface area contributed by atoms with Crippen LogP contribution in [-0.4, -0.2) is 28.2 Å². The predicted molar refractivity (Wildman–Crippen MR) is 102 cm³/mol. The number of ether oxygens (including phenoxy) is 2. The highest BCUT2D eigenvalue weighted by atomic mass is 32.2. The van der Waals surface area contributed by atoms with Gasteiger partial charge in [0.15, 0.2) is 11.5 Å². The second kappa shape index (κ2) is 6.53. The van der Waals surface area contributed by atoms with Crippen LogP contribution in [0.15, 0.2) is 65.6 Å². The molecule has 134 valence electrons. The third-order valence-electron chi connectivity index (χ3n) is 4.41. The molecule has 4 rings (SSSR count). The lowest BCUT2D eigenvalue weighted by atomic mass is 10.1. The topological polar surface area (TPSA) is 55.8 Å². The maximum atomic E-state index is 13.2. The first-order valence-electron chi connectivity index (χ1n) is 8.51. The Balaban J connectivity index is 1.76. The number of benzene rings is 3. The van der Waals surface area contributed by atoms with Crippen molar-refractivity contribution in [3.05, 3.63) is 60.7 Å². The van der Waals surface area contributed by atoms with E-state index in [1.165, 1.54) is 4.31 Å². The molecule has 0 amide bonds. The van der Waals surface area contributed by atoms with Gasteiger partial charge in [0.2, 0.25) is 0 Å². The largest absolute Gasteiger partial charge is 0.486 e. The molecule has 0 aromatic heterocycles. The zero-order valence-corrected chi connectivity index (χ0v) is 15.2. The van der Waals surface area contributed by atoms with Crippen LogP contribution in [0, 0.1) is 0 Å². The number of sulfonamides is 1. The molecule has 0 atom stereocenters. The normalized spacial score (nSPS) is 13.6. The Hall–Kier alpha value is -2.73. The summed E-state index contributed by atoms with van der Waals surface area (Å²) in [4.78, 5) is 0.271. The van der Waals surface area contributed by atoms with E-state index in [9.17, 15) is 8.42 Å². The van der Waals surface area contributed by atoms with Crippen LogP contribution in [0.25, 0.3) is 10.8 Å². The van der Waals surface area contributed by atoms with Crippen molar-refractivity contribution in [1.29, 1.82) is 0 Å². The second-order valence-electron chi connectivity index (χ2n) is 6.01. The molecular formula is C20H19NO4S. The summed E-state index contributed by atoms with van der Waals surface area (Å²) in [6.07, 6.45) is 0. The van der Waals surface area contributed by atoms with Gasteiger partial charge in [-0.2, -0.15) is 0 Å². The monoisotopic (exact) mass is 369 g/mol. The predicted octanol–water partition coefficient (Wildman–Crippen LogP) is 3.83. The van der Waals surface area contributed by atoms with Crippen molar-refractivity contribution >= 4 is 26.5 Å². The summed E-state index contributed by atoms with van der Waals surface area (Å²) in [5.41, 5.74) is 0.560. The summed E-state index contributed by atoms with van der Waals surface area (Å²) in [5.74, 6) is 1.21. The van der Waals surface area contributed by atoms with Gasteiger partial charge in [0.05, 0.1) is 10.6 Å². The minimum absolute atomic E-state index is 0.271. The average molecular weight is 369 g/mol. The molecule has 0 bridgehead atoms. The number of nitrogens with zero attached hydrogens (tertiary/aromatic N) is 1. The molecule has 3 aromatic carbocycles. The minimum atomic E-state index is -3.69. The van der Waals surface area contributed by atoms with Gasteiger partial charge in [0.1, 0.15) is 13.2 Å². The van der Waals surface area contributed by atoms with Crippen molar-refractivity contribution in [2.45, 2.75) is 11.8 Å². The zero-order chi connectivity index (χ0) is 18.1. The van der Waals surface area contributed by atoms with Gasteiger partial charge in [-0.25, -0.2) is 8.42 Å². The summed E-state index contributed by atoms with van der Waals surface area (Å²) in [6.45, 7) is 3.09. The molecule has 1 aliphatic heterocycles. The average Bonchev–Trinajstić information content (AvgIpc) is 2.68. The number of fused-ring (bicyclic) bond motifs is 2. The van der Waals surface area contributed by atoms with Crippen molar-refractivity contribution < 1.29 is 17.9 Å². The Morgan fingerprint density at radius 2 is 1.62 bits per heavy atom. The Morgan fingerprint density at radius 3 is 2.38 bits per heavy atom. The quantitative estimate of drug-likeness (QED) is 0.701. The van der Waals surface area contributed by atoms with E-state index in [4.69, 9.17) is 9.47 Å². The molecule has 0 unspecified atom stereocenters. The van der Waals surface area contributed by atoms with Crippen LogP contribution < -0.4 is 13.8 Å². The van der Waals surface area contributed by atoms with Crippen molar-refractivity contribution in [3.63, 3.8) is 0 Å². The van der Waals surface area contributed by atoms with Gasteiger partial charge < -0.3 is 9.47 Å². The zero-order valence-electron chi connectivity index (χ0n) is 14.4. The Morgan fingerprint density at radius 1 is 0.885 bits per heavy atom. The fourth-order valence-corrected chi connectivity index (χ4v) is 4.63. The molecule has 0 radical (unpaired) electrons. The van der Waals surface area contributed by atoms with Crippen LogP contribution in [0.3, 0.4) is 0 Å². The number of anilines is 1. The first kappa shape index (κ1) is 16.7. The van der Waals surface area contributed by atoms with Gasteiger partial charge >= 0.3 is 0 Å². The minimum Gasteiger partial charge on any atom is -0.486 e. The van der Waals surface area contributed by atoms with Gasteiger partial charge in [-0.15, -0.1) is 0 Å². The van der Waals surface area contributed by atoms with E-state index in [1.807, 2.05) is 37.3 Å². The molecule has 1 aliphatic rings. The molecule has 0 saturated carbocycles. The lowest BCUT2D eigenvalue weighted by Crippen LogP contribution is -2.31. The summed E-state index contributed by atoms with van der Waals surface area (Å²) >= 11 is 0. The maximum absolute atomic E-state index is 13.2. The van der Waals surface area contributed by atoms with Gasteiger partial charge in [-0.3, -0.25) is 4.31 Å². The van der Waals surface area contributed by atoms with Gasteiger partial charge in [-0.1, -0.05) is 30.3 Å². The highest BCUT2D eigenvalue weighted by molar-refractivity contribution is 7.92. The third kappa shape index (κ3) is 2.86. The molecule has 0 saturated heterocycles. The standard InChI is InChI=1S/C20H19NO4S/c1-2-21(17-8-10-19-20(14-17)25-12-11-24-19)26(22,23)18-9-7-15-5-3-4-6-16(15)13-18/h3-10,13-14H,2,11-12H2,1H3. The highest BCUT2D eigenvalue weighted by Gasteiger charge is 2.25. The van der Waals surface area contributed by atoms with E-state index >= 15 is 0 Å². The molecule has 0 fully saturated rings. The number of hydrogen-bond acceptors (Lipinski definition) is 4. The maximum Gasteiger partial charge on any atom is 0.264 e. The number of hydrogen-bond donors (Lipinski definition) is 0. The Kier molecular flexibility index (Phi) is 4.20. The summed E-state index contributed by atoms with van der Waals surface area (Å²) in [6, 6.07) is 18.1. The molecule has 0 N–H and O–H groups in total. The molecular weight excluding hydrogens is 350 g/mol. The van der Waals surface area contributed by atoms with Crippen LogP contribution in [-0.2, 0) is 10.0 Å². The van der Waals surface area contributed by atoms with Crippen LogP contribution in [0.1, 0.15) is 6.92 Å². The van der Waals surface area contributed by atoms with Crippen molar-refractivity contribution in [2.75, 3.05) is 24.1 Å². The van der Waals surface area contributed by atoms with Crippen LogP contribution in [0.2, 0.25) is 0 Å². The SMILES string of the molecule is CCN(c1ccc2c(c1)OCCO2)S(=O)(=O)c1ccc2ccccc2c1. The second-order valence-corrected chi connectivity index (χ2v) is 7.87. The van der Waals surface area contributed by atoms with E-state index in [1.54, 1.807) is 30.3 Å². The van der Waals surface area contributed by atoms with Crippen molar-refractivity contribution in [3.8, 4) is 11.5 Å². The van der Waals surface area contributed by atoms with E-state index in [-0.39, 0.29) is 4.90 Å². The molecule has 1 heterocycles. The smallest absolute Gasteiger partial charge is 0.264 e. The van der Waals surface area contributed by atoms with Crippen LogP contribution in [0.4, 0.5) is 5.69 Å². The van der Waals surface area contributed by atoms with Crippen LogP contribution in [0.5, 0.6) is 11.5 Å². The van der Waals surface area contributed by atoms with Crippen molar-refractivity contribution in [2.24, 2.45) is 0 Å². The third-order valence-corrected chi connectivity index (χ3v) is 6.31. The molecule has 26 heavy (non-hydrogen) atoms. The lowest BCUT2D eigenvalue weighted by molar-refractivity contribution is 0.171. The first-order chi connectivity index (χ1) is 12.6. The fraction of sp³-hybridized carbons (Fsp3) is 0.200. The van der Waals surface area contributed by atoms with Gasteiger partial charge in [0.25, 0.3) is 10.0 Å². The Labute approximate surface area is 152 Å². The molecule has 5 nitrogen and oxygen atoms in total. The number of rotatable bonds is 4. The summed E-state index contributed by atoms with van der Waals surface area (Å²) in [7, 11) is -3.69. The van der Waals surface area contributed by atoms with E-state index < -0.39 is 10.0 Å². The Bertz CT molecular complexity index is 1060. The summed E-state index contributed by atoms with van der Waals surface area (Å²) < 4.78 is 38.9. The van der Waals surface area contributed by atoms with Crippen molar-refractivity contribution in [1.82, 2.24) is 0 Å². The van der Waals surface area contributed by atoms with Gasteiger partial charge in [0, 0.05) is 12.6 Å².